The molecular formula is C26H32N2O6. The van der Waals surface area contributed by atoms with Crippen molar-refractivity contribution in [1.29, 1.82) is 0 Å². The molecule has 34 heavy (non-hydrogen) atoms. The van der Waals surface area contributed by atoms with Gasteiger partial charge < -0.3 is 25.2 Å². The molecule has 8 nitrogen and oxygen atoms in total. The number of amides is 2. The van der Waals surface area contributed by atoms with Crippen LogP contribution in [0, 0.1) is 5.92 Å². The normalized spacial score (nSPS) is 14.1. The van der Waals surface area contributed by atoms with E-state index in [4.69, 9.17) is 9.47 Å². The average molecular weight is 469 g/mol. The monoisotopic (exact) mass is 468 g/mol. The molecule has 1 unspecified atom stereocenters. The van der Waals surface area contributed by atoms with Crippen LogP contribution in [0.4, 0.5) is 4.79 Å². The summed E-state index contributed by atoms with van der Waals surface area (Å²) in [5.74, 6) is -1.71. The van der Waals surface area contributed by atoms with Gasteiger partial charge in [-0.1, -0.05) is 62.4 Å². The number of methoxy groups -OCH3 is 1. The summed E-state index contributed by atoms with van der Waals surface area (Å²) in [4.78, 5) is 36.4. The van der Waals surface area contributed by atoms with Gasteiger partial charge in [-0.05, 0) is 28.2 Å². The van der Waals surface area contributed by atoms with Crippen LogP contribution in [-0.4, -0.2) is 55.5 Å². The minimum Gasteiger partial charge on any atom is -0.480 e. The Hall–Kier alpha value is -3.39. The quantitative estimate of drug-likeness (QED) is 0.465. The van der Waals surface area contributed by atoms with Gasteiger partial charge in [0.15, 0.2) is 0 Å². The minimum absolute atomic E-state index is 0.0569. The number of alkyl carbamates (subject to hydrolysis) is 1. The zero-order valence-electron chi connectivity index (χ0n) is 19.7. The van der Waals surface area contributed by atoms with E-state index >= 15 is 0 Å². The van der Waals surface area contributed by atoms with Crippen molar-refractivity contribution in [3.63, 3.8) is 0 Å². The van der Waals surface area contributed by atoms with Gasteiger partial charge in [-0.25, -0.2) is 9.59 Å². The molecule has 3 rings (SSSR count). The van der Waals surface area contributed by atoms with E-state index in [9.17, 15) is 19.5 Å². The summed E-state index contributed by atoms with van der Waals surface area (Å²) in [6.45, 7) is 4.14. The van der Waals surface area contributed by atoms with Crippen LogP contribution in [0.1, 0.15) is 43.7 Å². The third kappa shape index (κ3) is 6.14. The molecule has 0 aromatic heterocycles. The van der Waals surface area contributed by atoms with Gasteiger partial charge in [0.05, 0.1) is 0 Å². The van der Waals surface area contributed by atoms with Gasteiger partial charge in [-0.15, -0.1) is 0 Å². The fraction of sp³-hybridized carbons (Fsp3) is 0.423. The van der Waals surface area contributed by atoms with E-state index in [2.05, 4.69) is 22.8 Å². The highest BCUT2D eigenvalue weighted by atomic mass is 16.5. The van der Waals surface area contributed by atoms with Crippen molar-refractivity contribution < 1.29 is 29.0 Å². The van der Waals surface area contributed by atoms with Crippen LogP contribution in [0.5, 0.6) is 0 Å². The molecule has 2 aromatic rings. The van der Waals surface area contributed by atoms with E-state index < -0.39 is 30.1 Å². The highest BCUT2D eigenvalue weighted by Crippen LogP contribution is 2.44. The van der Waals surface area contributed by atoms with Crippen LogP contribution in [0.25, 0.3) is 11.1 Å². The summed E-state index contributed by atoms with van der Waals surface area (Å²) in [5, 5.41) is 14.6. The minimum atomic E-state index is -1.13. The molecule has 0 bridgehead atoms. The Labute approximate surface area is 199 Å². The molecular weight excluding hydrogens is 436 g/mol. The number of aliphatic carboxylic acids is 1. The van der Waals surface area contributed by atoms with Gasteiger partial charge in [-0.3, -0.25) is 4.79 Å². The van der Waals surface area contributed by atoms with Gasteiger partial charge in [-0.2, -0.15) is 0 Å². The van der Waals surface area contributed by atoms with E-state index in [-0.39, 0.29) is 37.9 Å². The molecule has 1 aliphatic carbocycles. The van der Waals surface area contributed by atoms with Gasteiger partial charge in [0.1, 0.15) is 12.6 Å². The smallest absolute Gasteiger partial charge is 0.407 e. The molecule has 2 amide bonds. The fourth-order valence-electron chi connectivity index (χ4n) is 4.19. The standard InChI is InChI=1S/C26H32N2O6/c1-16(2)23(14-24(29)27-22(25(30)31)12-13-33-3)28-26(32)34-15-21-19-10-6-4-8-17(19)18-9-5-7-11-20(18)21/h4-11,16,21-23H,12-15H2,1-3H3,(H,27,29)(H,28,32)(H,30,31)/t22?,23-/m1/s1. The number of carbonyl (C=O) groups excluding carboxylic acids is 2. The summed E-state index contributed by atoms with van der Waals surface area (Å²) < 4.78 is 10.5. The van der Waals surface area contributed by atoms with Crippen LogP contribution in [0.3, 0.4) is 0 Å². The van der Waals surface area contributed by atoms with E-state index in [0.717, 1.165) is 22.3 Å². The summed E-state index contributed by atoms with van der Waals surface area (Å²) >= 11 is 0. The Morgan fingerprint density at radius 2 is 1.56 bits per heavy atom. The summed E-state index contributed by atoms with van der Waals surface area (Å²) in [6.07, 6.45) is -0.509. The molecule has 0 saturated heterocycles. The van der Waals surface area contributed by atoms with Crippen molar-refractivity contribution in [2.24, 2.45) is 5.92 Å². The first-order valence-corrected chi connectivity index (χ1v) is 11.4. The van der Waals surface area contributed by atoms with Crippen LogP contribution < -0.4 is 10.6 Å². The molecule has 3 N–H and O–H groups in total. The van der Waals surface area contributed by atoms with Crippen molar-refractivity contribution >= 4 is 18.0 Å². The Bertz CT molecular complexity index is 976. The zero-order chi connectivity index (χ0) is 24.7. The number of carboxylic acid groups (broad SMARTS) is 1. The maximum atomic E-state index is 12.6. The van der Waals surface area contributed by atoms with Crippen molar-refractivity contribution in [3.05, 3.63) is 59.7 Å². The molecule has 0 saturated carbocycles. The van der Waals surface area contributed by atoms with E-state index in [1.807, 2.05) is 50.2 Å². The second kappa shape index (κ2) is 11.7. The maximum absolute atomic E-state index is 12.6. The molecule has 0 spiro atoms. The van der Waals surface area contributed by atoms with Gasteiger partial charge in [0.2, 0.25) is 5.91 Å². The molecule has 0 aliphatic heterocycles. The number of fused-ring (bicyclic) bond motifs is 3. The Morgan fingerprint density at radius 3 is 2.09 bits per heavy atom. The predicted octanol–water partition coefficient (Wildman–Crippen LogP) is 3.55. The number of carboxylic acids is 1. The molecule has 1 aliphatic rings. The maximum Gasteiger partial charge on any atom is 0.407 e. The first-order chi connectivity index (χ1) is 16.3. The van der Waals surface area contributed by atoms with Crippen LogP contribution in [0.15, 0.2) is 48.5 Å². The van der Waals surface area contributed by atoms with Crippen molar-refractivity contribution in [2.75, 3.05) is 20.3 Å². The number of ether oxygens (including phenoxy) is 2. The molecule has 0 fully saturated rings. The molecule has 182 valence electrons. The van der Waals surface area contributed by atoms with Crippen LogP contribution >= 0.6 is 0 Å². The number of hydrogen-bond donors (Lipinski definition) is 3. The Kier molecular flexibility index (Phi) is 8.65. The number of carbonyl (C=O) groups is 3. The third-order valence-electron chi connectivity index (χ3n) is 6.10. The zero-order valence-corrected chi connectivity index (χ0v) is 19.7. The molecule has 2 atom stereocenters. The largest absolute Gasteiger partial charge is 0.480 e. The number of nitrogens with one attached hydrogen (secondary N) is 2. The molecule has 2 aromatic carbocycles. The lowest BCUT2D eigenvalue weighted by atomic mass is 9.98. The number of hydrogen-bond acceptors (Lipinski definition) is 5. The van der Waals surface area contributed by atoms with Gasteiger partial charge in [0, 0.05) is 38.5 Å². The van der Waals surface area contributed by atoms with Gasteiger partial charge >= 0.3 is 12.1 Å². The SMILES string of the molecule is COCCC(NC(=O)C[C@@H](NC(=O)OCC1c2ccccc2-c2ccccc21)C(C)C)C(=O)O. The topological polar surface area (TPSA) is 114 Å². The second-order valence-electron chi connectivity index (χ2n) is 8.76. The number of rotatable bonds is 11. The Balaban J connectivity index is 1.58. The van der Waals surface area contributed by atoms with E-state index in [1.165, 1.54) is 7.11 Å². The molecule has 0 radical (unpaired) electrons. The summed E-state index contributed by atoms with van der Waals surface area (Å²) in [7, 11) is 1.47. The first-order valence-electron chi connectivity index (χ1n) is 11.4. The lowest BCUT2D eigenvalue weighted by Gasteiger charge is -2.23. The molecule has 8 heteroatoms. The molecule has 0 heterocycles. The highest BCUT2D eigenvalue weighted by Gasteiger charge is 2.30. The summed E-state index contributed by atoms with van der Waals surface area (Å²) in [6, 6.07) is 14.6. The predicted molar refractivity (Wildman–Crippen MR) is 128 cm³/mol. The van der Waals surface area contributed by atoms with Crippen molar-refractivity contribution in [2.45, 2.75) is 44.7 Å². The van der Waals surface area contributed by atoms with E-state index in [1.54, 1.807) is 0 Å². The average Bonchev–Trinajstić information content (AvgIpc) is 3.13. The van der Waals surface area contributed by atoms with Crippen molar-refractivity contribution in [3.8, 4) is 11.1 Å². The van der Waals surface area contributed by atoms with Crippen molar-refractivity contribution in [1.82, 2.24) is 10.6 Å². The highest BCUT2D eigenvalue weighted by molar-refractivity contribution is 5.84. The second-order valence-corrected chi connectivity index (χ2v) is 8.76. The first kappa shape index (κ1) is 25.2. The fourth-order valence-corrected chi connectivity index (χ4v) is 4.19. The lowest BCUT2D eigenvalue weighted by Crippen LogP contribution is -2.46. The van der Waals surface area contributed by atoms with E-state index in [0.29, 0.717) is 0 Å². The Morgan fingerprint density at radius 1 is 0.971 bits per heavy atom. The third-order valence-corrected chi connectivity index (χ3v) is 6.10. The number of benzene rings is 2. The summed E-state index contributed by atoms with van der Waals surface area (Å²) in [5.41, 5.74) is 4.52. The van der Waals surface area contributed by atoms with Crippen LogP contribution in [-0.2, 0) is 19.1 Å². The van der Waals surface area contributed by atoms with Crippen LogP contribution in [0.2, 0.25) is 0 Å². The van der Waals surface area contributed by atoms with Gasteiger partial charge in [0.25, 0.3) is 0 Å². The lowest BCUT2D eigenvalue weighted by molar-refractivity contribution is -0.142.